The fourth-order valence-corrected chi connectivity index (χ4v) is 2.05. The zero-order valence-electron chi connectivity index (χ0n) is 10.8. The van der Waals surface area contributed by atoms with Crippen LogP contribution in [0.2, 0.25) is 10.0 Å². The number of hydrogen-bond donors (Lipinski definition) is 1. The van der Waals surface area contributed by atoms with Crippen molar-refractivity contribution in [3.63, 3.8) is 0 Å². The minimum atomic E-state index is 0.199. The van der Waals surface area contributed by atoms with Gasteiger partial charge in [0.2, 0.25) is 0 Å². The molecule has 0 amide bonds. The van der Waals surface area contributed by atoms with Gasteiger partial charge in [-0.3, -0.25) is 4.79 Å². The second-order valence-corrected chi connectivity index (χ2v) is 5.43. The van der Waals surface area contributed by atoms with Gasteiger partial charge in [0.1, 0.15) is 5.78 Å². The van der Waals surface area contributed by atoms with E-state index in [0.717, 1.165) is 18.5 Å². The van der Waals surface area contributed by atoms with Gasteiger partial charge in [-0.2, -0.15) is 0 Å². The summed E-state index contributed by atoms with van der Waals surface area (Å²) < 4.78 is 0. The summed E-state index contributed by atoms with van der Waals surface area (Å²) in [5.41, 5.74) is 0.811. The molecular weight excluding hydrogens is 269 g/mol. The summed E-state index contributed by atoms with van der Waals surface area (Å²) in [7, 11) is 0. The second kappa shape index (κ2) is 7.78. The van der Waals surface area contributed by atoms with E-state index in [4.69, 9.17) is 23.2 Å². The van der Waals surface area contributed by atoms with Gasteiger partial charge in [0, 0.05) is 18.9 Å². The van der Waals surface area contributed by atoms with E-state index in [1.54, 1.807) is 6.07 Å². The molecule has 0 unspecified atom stereocenters. The van der Waals surface area contributed by atoms with Gasteiger partial charge in [0.15, 0.2) is 0 Å². The number of rotatable bonds is 7. The van der Waals surface area contributed by atoms with Crippen molar-refractivity contribution in [1.29, 1.82) is 0 Å². The monoisotopic (exact) mass is 287 g/mol. The van der Waals surface area contributed by atoms with E-state index in [9.17, 15) is 4.79 Å². The predicted octanol–water partition coefficient (Wildman–Crippen LogP) is 3.88. The Bertz CT molecular complexity index is 405. The molecule has 0 aliphatic rings. The Morgan fingerprint density at radius 1 is 1.33 bits per heavy atom. The van der Waals surface area contributed by atoms with Crippen LogP contribution < -0.4 is 5.32 Å². The van der Waals surface area contributed by atoms with Gasteiger partial charge in [-0.25, -0.2) is 0 Å². The predicted molar refractivity (Wildman–Crippen MR) is 77.5 cm³/mol. The van der Waals surface area contributed by atoms with Crippen molar-refractivity contribution in [3.8, 4) is 0 Å². The van der Waals surface area contributed by atoms with E-state index in [0.29, 0.717) is 28.9 Å². The van der Waals surface area contributed by atoms with Crippen molar-refractivity contribution in [2.75, 3.05) is 6.54 Å². The fraction of sp³-hybridized carbons (Fsp3) is 0.500. The summed E-state index contributed by atoms with van der Waals surface area (Å²) >= 11 is 11.9. The van der Waals surface area contributed by atoms with Crippen LogP contribution in [0.4, 0.5) is 0 Å². The van der Waals surface area contributed by atoms with Crippen LogP contribution in [0, 0.1) is 0 Å². The standard InChI is InChI=1S/C14H19Cl2NO/c1-10(2)17-8-4-6-12(18)9-11-5-3-7-13(15)14(11)16/h3,5,7,10,17H,4,6,8-9H2,1-2H3. The molecule has 0 heterocycles. The van der Waals surface area contributed by atoms with Crippen LogP contribution in [0.5, 0.6) is 0 Å². The minimum absolute atomic E-state index is 0.199. The van der Waals surface area contributed by atoms with Crippen LogP contribution in [-0.2, 0) is 11.2 Å². The smallest absolute Gasteiger partial charge is 0.137 e. The minimum Gasteiger partial charge on any atom is -0.315 e. The van der Waals surface area contributed by atoms with Gasteiger partial charge in [0.25, 0.3) is 0 Å². The molecule has 1 aromatic rings. The molecule has 0 saturated heterocycles. The molecule has 0 atom stereocenters. The lowest BCUT2D eigenvalue weighted by atomic mass is 10.1. The first kappa shape index (κ1) is 15.5. The largest absolute Gasteiger partial charge is 0.315 e. The molecule has 0 aliphatic heterocycles. The molecule has 0 fully saturated rings. The maximum atomic E-state index is 11.8. The molecule has 4 heteroatoms. The Hall–Kier alpha value is -0.570. The Kier molecular flexibility index (Phi) is 6.69. The van der Waals surface area contributed by atoms with Crippen LogP contribution >= 0.6 is 23.2 Å². The molecule has 1 aromatic carbocycles. The van der Waals surface area contributed by atoms with E-state index in [2.05, 4.69) is 19.2 Å². The maximum Gasteiger partial charge on any atom is 0.137 e. The summed E-state index contributed by atoms with van der Waals surface area (Å²) in [5.74, 6) is 0.199. The Balaban J connectivity index is 2.38. The van der Waals surface area contributed by atoms with E-state index < -0.39 is 0 Å². The van der Waals surface area contributed by atoms with Gasteiger partial charge in [-0.1, -0.05) is 49.2 Å². The first-order valence-electron chi connectivity index (χ1n) is 6.18. The lowest BCUT2D eigenvalue weighted by Crippen LogP contribution is -2.24. The molecule has 0 aromatic heterocycles. The molecule has 0 spiro atoms. The molecule has 1 rings (SSSR count). The third-order valence-electron chi connectivity index (χ3n) is 2.60. The lowest BCUT2D eigenvalue weighted by molar-refractivity contribution is -0.118. The Morgan fingerprint density at radius 3 is 2.72 bits per heavy atom. The number of nitrogens with one attached hydrogen (secondary N) is 1. The van der Waals surface area contributed by atoms with Gasteiger partial charge < -0.3 is 5.32 Å². The highest BCUT2D eigenvalue weighted by Gasteiger charge is 2.09. The normalized spacial score (nSPS) is 10.9. The summed E-state index contributed by atoms with van der Waals surface area (Å²) in [6.07, 6.45) is 1.79. The van der Waals surface area contributed by atoms with Gasteiger partial charge >= 0.3 is 0 Å². The Morgan fingerprint density at radius 2 is 2.06 bits per heavy atom. The quantitative estimate of drug-likeness (QED) is 0.771. The van der Waals surface area contributed by atoms with Crippen LogP contribution in [0.15, 0.2) is 18.2 Å². The van der Waals surface area contributed by atoms with Crippen molar-refractivity contribution in [1.82, 2.24) is 5.32 Å². The van der Waals surface area contributed by atoms with Crippen LogP contribution in [0.1, 0.15) is 32.3 Å². The van der Waals surface area contributed by atoms with E-state index in [1.807, 2.05) is 12.1 Å². The zero-order valence-corrected chi connectivity index (χ0v) is 12.3. The summed E-state index contributed by atoms with van der Waals surface area (Å²) in [5, 5.41) is 4.28. The Labute approximate surface area is 119 Å². The number of benzene rings is 1. The van der Waals surface area contributed by atoms with E-state index in [1.165, 1.54) is 0 Å². The van der Waals surface area contributed by atoms with Gasteiger partial charge in [-0.05, 0) is 24.6 Å². The van der Waals surface area contributed by atoms with Crippen LogP contribution in [-0.4, -0.2) is 18.4 Å². The molecule has 1 N–H and O–H groups in total. The number of carbonyl (C=O) groups excluding carboxylic acids is 1. The topological polar surface area (TPSA) is 29.1 Å². The van der Waals surface area contributed by atoms with Crippen molar-refractivity contribution >= 4 is 29.0 Å². The molecule has 0 saturated carbocycles. The SMILES string of the molecule is CC(C)NCCCC(=O)Cc1cccc(Cl)c1Cl. The number of Topliss-reactive ketones (excluding diaryl/α,β-unsaturated/α-hetero) is 1. The molecule has 2 nitrogen and oxygen atoms in total. The van der Waals surface area contributed by atoms with Gasteiger partial charge in [0.05, 0.1) is 10.0 Å². The third-order valence-corrected chi connectivity index (χ3v) is 3.46. The zero-order chi connectivity index (χ0) is 13.5. The lowest BCUT2D eigenvalue weighted by Gasteiger charge is -2.08. The second-order valence-electron chi connectivity index (χ2n) is 4.64. The van der Waals surface area contributed by atoms with Crippen LogP contribution in [0.3, 0.4) is 0 Å². The summed E-state index contributed by atoms with van der Waals surface area (Å²) in [6.45, 7) is 5.05. The number of carbonyl (C=O) groups is 1. The first-order valence-corrected chi connectivity index (χ1v) is 6.94. The van der Waals surface area contributed by atoms with Crippen molar-refractivity contribution in [2.45, 2.75) is 39.2 Å². The highest BCUT2D eigenvalue weighted by atomic mass is 35.5. The number of ketones is 1. The molecule has 100 valence electrons. The maximum absolute atomic E-state index is 11.8. The van der Waals surface area contributed by atoms with E-state index >= 15 is 0 Å². The molecule has 0 radical (unpaired) electrons. The van der Waals surface area contributed by atoms with Crippen molar-refractivity contribution < 1.29 is 4.79 Å². The van der Waals surface area contributed by atoms with Crippen molar-refractivity contribution in [3.05, 3.63) is 33.8 Å². The molecular formula is C14H19Cl2NO. The summed E-state index contributed by atoms with van der Waals surface area (Å²) in [4.78, 5) is 11.8. The van der Waals surface area contributed by atoms with Gasteiger partial charge in [-0.15, -0.1) is 0 Å². The first-order chi connectivity index (χ1) is 8.50. The molecule has 0 aliphatic carbocycles. The number of hydrogen-bond acceptors (Lipinski definition) is 2. The van der Waals surface area contributed by atoms with E-state index in [-0.39, 0.29) is 5.78 Å². The summed E-state index contributed by atoms with van der Waals surface area (Å²) in [6, 6.07) is 5.85. The van der Waals surface area contributed by atoms with Crippen LogP contribution in [0.25, 0.3) is 0 Å². The van der Waals surface area contributed by atoms with Crippen molar-refractivity contribution in [2.24, 2.45) is 0 Å². The average molecular weight is 288 g/mol. The number of halogens is 2. The third kappa shape index (κ3) is 5.38. The highest BCUT2D eigenvalue weighted by Crippen LogP contribution is 2.26. The highest BCUT2D eigenvalue weighted by molar-refractivity contribution is 6.42. The molecule has 18 heavy (non-hydrogen) atoms. The molecule has 0 bridgehead atoms. The average Bonchev–Trinajstić information content (AvgIpc) is 2.30. The fourth-order valence-electron chi connectivity index (χ4n) is 1.66.